The Kier molecular flexibility index (Phi) is 6.20. The van der Waals surface area contributed by atoms with Crippen LogP contribution in [0.3, 0.4) is 0 Å². The normalized spacial score (nSPS) is 13.4. The van der Waals surface area contributed by atoms with Gasteiger partial charge in [0.05, 0.1) is 49.1 Å². The molecule has 31 heavy (non-hydrogen) atoms. The molecule has 1 aliphatic heterocycles. The first kappa shape index (κ1) is 20.5. The third-order valence-electron chi connectivity index (χ3n) is 5.24. The predicted molar refractivity (Wildman–Crippen MR) is 117 cm³/mol. The molecule has 0 atom stereocenters. The molecule has 1 fully saturated rings. The van der Waals surface area contributed by atoms with E-state index in [1.165, 1.54) is 0 Å². The molecule has 0 radical (unpaired) electrons. The molecule has 0 bridgehead atoms. The van der Waals surface area contributed by atoms with Crippen molar-refractivity contribution >= 4 is 11.6 Å². The molecule has 4 rings (SSSR count). The number of hydrogen-bond acceptors (Lipinski definition) is 5. The number of benzene rings is 2. The van der Waals surface area contributed by atoms with Crippen molar-refractivity contribution in [2.24, 2.45) is 0 Å². The Morgan fingerprint density at radius 2 is 1.87 bits per heavy atom. The summed E-state index contributed by atoms with van der Waals surface area (Å²) in [4.78, 5) is 15.0. The number of ether oxygens (including phenoxy) is 1. The number of hydrogen-bond donors (Lipinski definition) is 2. The summed E-state index contributed by atoms with van der Waals surface area (Å²) >= 11 is 0. The maximum Gasteiger partial charge on any atom is 0.253 e. The summed E-state index contributed by atoms with van der Waals surface area (Å²) in [5.41, 5.74) is 3.19. The molecule has 158 valence electrons. The van der Waals surface area contributed by atoms with Gasteiger partial charge in [-0.1, -0.05) is 18.2 Å². The van der Waals surface area contributed by atoms with Crippen molar-refractivity contribution in [2.75, 3.05) is 24.5 Å². The monoisotopic (exact) mass is 416 g/mol. The fourth-order valence-electron chi connectivity index (χ4n) is 3.63. The average molecular weight is 416 g/mol. The highest BCUT2D eigenvalue weighted by Crippen LogP contribution is 2.32. The number of nitrogens with zero attached hydrogens (tertiary/aromatic N) is 3. The van der Waals surface area contributed by atoms with Crippen LogP contribution >= 0.6 is 0 Å². The zero-order valence-corrected chi connectivity index (χ0v) is 17.1. The molecular formula is C24H24N4O3. The SMILES string of the molecule is N#CCCNC(=O)c1cccc(N2CC(Oc3ccc(CO)cc3)C2)c1-n1cccc1. The lowest BCUT2D eigenvalue weighted by Gasteiger charge is -2.41. The van der Waals surface area contributed by atoms with E-state index in [1.54, 1.807) is 6.07 Å². The van der Waals surface area contributed by atoms with Gasteiger partial charge in [0, 0.05) is 18.9 Å². The number of carbonyl (C=O) groups excluding carboxylic acids is 1. The van der Waals surface area contributed by atoms with Gasteiger partial charge in [-0.15, -0.1) is 0 Å². The Bertz CT molecular complexity index is 1070. The predicted octanol–water partition coefficient (Wildman–Crippen LogP) is 2.88. The van der Waals surface area contributed by atoms with Gasteiger partial charge in [0.1, 0.15) is 11.9 Å². The van der Waals surface area contributed by atoms with Crippen LogP contribution in [0.15, 0.2) is 67.0 Å². The van der Waals surface area contributed by atoms with Gasteiger partial charge >= 0.3 is 0 Å². The van der Waals surface area contributed by atoms with Crippen LogP contribution < -0.4 is 15.0 Å². The van der Waals surface area contributed by atoms with Crippen LogP contribution in [-0.4, -0.2) is 41.3 Å². The summed E-state index contributed by atoms with van der Waals surface area (Å²) in [5, 5.41) is 20.7. The van der Waals surface area contributed by atoms with Gasteiger partial charge in [-0.25, -0.2) is 0 Å². The molecule has 0 unspecified atom stereocenters. The summed E-state index contributed by atoms with van der Waals surface area (Å²) in [6.07, 6.45) is 4.16. The average Bonchev–Trinajstić information content (AvgIpc) is 3.30. The summed E-state index contributed by atoms with van der Waals surface area (Å²) in [6.45, 7) is 1.74. The molecule has 7 nitrogen and oxygen atoms in total. The molecule has 0 spiro atoms. The van der Waals surface area contributed by atoms with Crippen LogP contribution in [0.2, 0.25) is 0 Å². The minimum Gasteiger partial charge on any atom is -0.487 e. The first-order chi connectivity index (χ1) is 15.2. The molecule has 2 aromatic carbocycles. The van der Waals surface area contributed by atoms with Crippen molar-refractivity contribution in [3.8, 4) is 17.5 Å². The Morgan fingerprint density at radius 1 is 1.13 bits per heavy atom. The summed E-state index contributed by atoms with van der Waals surface area (Å²) in [7, 11) is 0. The van der Waals surface area contributed by atoms with Gasteiger partial charge in [0.15, 0.2) is 0 Å². The first-order valence-corrected chi connectivity index (χ1v) is 10.2. The zero-order chi connectivity index (χ0) is 21.6. The Hall–Kier alpha value is -3.76. The van der Waals surface area contributed by atoms with Crippen molar-refractivity contribution in [1.82, 2.24) is 9.88 Å². The molecule has 2 N–H and O–H groups in total. The Morgan fingerprint density at radius 3 is 2.55 bits per heavy atom. The smallest absolute Gasteiger partial charge is 0.253 e. The number of para-hydroxylation sites is 1. The van der Waals surface area contributed by atoms with Crippen molar-refractivity contribution in [3.63, 3.8) is 0 Å². The highest BCUT2D eigenvalue weighted by Gasteiger charge is 2.31. The molecule has 1 saturated heterocycles. The lowest BCUT2D eigenvalue weighted by Crippen LogP contribution is -2.54. The lowest BCUT2D eigenvalue weighted by atomic mass is 10.0. The second kappa shape index (κ2) is 9.37. The van der Waals surface area contributed by atoms with E-state index >= 15 is 0 Å². The summed E-state index contributed by atoms with van der Waals surface area (Å²) in [6, 6.07) is 19.0. The number of amides is 1. The van der Waals surface area contributed by atoms with Crippen LogP contribution in [0.5, 0.6) is 5.75 Å². The number of nitrogens with one attached hydrogen (secondary N) is 1. The maximum absolute atomic E-state index is 12.8. The van der Waals surface area contributed by atoms with Crippen LogP contribution in [0, 0.1) is 11.3 Å². The van der Waals surface area contributed by atoms with E-state index in [0.29, 0.717) is 25.2 Å². The van der Waals surface area contributed by atoms with Crippen LogP contribution in [-0.2, 0) is 6.61 Å². The second-order valence-corrected chi connectivity index (χ2v) is 7.37. The first-order valence-electron chi connectivity index (χ1n) is 10.2. The molecule has 7 heteroatoms. The minimum atomic E-state index is -0.196. The molecule has 1 aliphatic rings. The molecule has 2 heterocycles. The molecule has 1 aromatic heterocycles. The van der Waals surface area contributed by atoms with E-state index in [4.69, 9.17) is 15.1 Å². The number of nitriles is 1. The third-order valence-corrected chi connectivity index (χ3v) is 5.24. The molecule has 0 saturated carbocycles. The number of anilines is 1. The topological polar surface area (TPSA) is 90.5 Å². The number of aliphatic hydroxyl groups is 1. The zero-order valence-electron chi connectivity index (χ0n) is 17.1. The highest BCUT2D eigenvalue weighted by molar-refractivity contribution is 6.00. The molecule has 0 aliphatic carbocycles. The highest BCUT2D eigenvalue weighted by atomic mass is 16.5. The number of aromatic nitrogens is 1. The fourth-order valence-corrected chi connectivity index (χ4v) is 3.63. The number of carbonyl (C=O) groups is 1. The maximum atomic E-state index is 12.8. The standard InChI is InChI=1S/C24H24N4O3/c25-11-4-12-26-24(30)21-5-3-6-22(23(21)27-13-1-2-14-27)28-15-20(16-28)31-19-9-7-18(17-29)8-10-19/h1-3,5-10,13-14,20,29H,4,12,15-17H2,(H,26,30). The molecule has 1 amide bonds. The van der Waals surface area contributed by atoms with E-state index in [0.717, 1.165) is 22.7 Å². The summed E-state index contributed by atoms with van der Waals surface area (Å²) < 4.78 is 7.98. The van der Waals surface area contributed by atoms with Gasteiger partial charge in [-0.2, -0.15) is 5.26 Å². The van der Waals surface area contributed by atoms with Crippen LogP contribution in [0.4, 0.5) is 5.69 Å². The fraction of sp³-hybridized carbons (Fsp3) is 0.250. The molecule has 3 aromatic rings. The minimum absolute atomic E-state index is 0.0140. The van der Waals surface area contributed by atoms with E-state index in [-0.39, 0.29) is 25.0 Å². The largest absolute Gasteiger partial charge is 0.487 e. The quantitative estimate of drug-likeness (QED) is 0.551. The van der Waals surface area contributed by atoms with Crippen molar-refractivity contribution < 1.29 is 14.6 Å². The van der Waals surface area contributed by atoms with Gasteiger partial charge in [-0.05, 0) is 42.0 Å². The van der Waals surface area contributed by atoms with Gasteiger partial charge < -0.3 is 24.6 Å². The summed E-state index contributed by atoms with van der Waals surface area (Å²) in [5.74, 6) is 0.580. The van der Waals surface area contributed by atoms with E-state index in [9.17, 15) is 4.79 Å². The van der Waals surface area contributed by atoms with E-state index < -0.39 is 0 Å². The van der Waals surface area contributed by atoms with E-state index in [1.807, 2.05) is 71.6 Å². The Balaban J connectivity index is 1.51. The molecular weight excluding hydrogens is 392 g/mol. The van der Waals surface area contributed by atoms with Crippen LogP contribution in [0.25, 0.3) is 5.69 Å². The van der Waals surface area contributed by atoms with Crippen LogP contribution in [0.1, 0.15) is 22.3 Å². The van der Waals surface area contributed by atoms with E-state index in [2.05, 4.69) is 10.2 Å². The third kappa shape index (κ3) is 4.55. The van der Waals surface area contributed by atoms with Gasteiger partial charge in [0.25, 0.3) is 5.91 Å². The lowest BCUT2D eigenvalue weighted by molar-refractivity contribution is 0.0954. The van der Waals surface area contributed by atoms with Gasteiger partial charge in [0.2, 0.25) is 0 Å². The van der Waals surface area contributed by atoms with Crippen molar-refractivity contribution in [3.05, 3.63) is 78.1 Å². The van der Waals surface area contributed by atoms with Crippen molar-refractivity contribution in [1.29, 1.82) is 5.26 Å². The Labute approximate surface area is 181 Å². The van der Waals surface area contributed by atoms with Gasteiger partial charge in [-0.3, -0.25) is 4.79 Å². The number of rotatable bonds is 8. The van der Waals surface area contributed by atoms with Crippen molar-refractivity contribution in [2.45, 2.75) is 19.1 Å². The second-order valence-electron chi connectivity index (χ2n) is 7.37. The number of aliphatic hydroxyl groups excluding tert-OH is 1.